The molecule has 1 heterocycles. The van der Waals surface area contributed by atoms with Crippen molar-refractivity contribution in [3.05, 3.63) is 77.9 Å². The van der Waals surface area contributed by atoms with Gasteiger partial charge < -0.3 is 10.2 Å². The second-order valence-corrected chi connectivity index (χ2v) is 8.61. The van der Waals surface area contributed by atoms with Gasteiger partial charge in [-0.3, -0.25) is 0 Å². The standard InChI is InChI=1S/C27H27F3N4/c1-18-8-4-13-23-24(18)32-25(33-26(23)31-14-7-15-34(2)3)21-11-5-9-19(16-21)20-10-6-12-22(17-20)27(28,29)30/h4-6,8-13,16-17H,7,14-15H2,1-3H3,(H,31,32,33). The van der Waals surface area contributed by atoms with E-state index in [2.05, 4.69) is 10.2 Å². The molecule has 4 rings (SSSR count). The molecule has 0 amide bonds. The number of para-hydroxylation sites is 1. The Balaban J connectivity index is 1.73. The molecule has 0 bridgehead atoms. The highest BCUT2D eigenvalue weighted by Crippen LogP contribution is 2.33. The third kappa shape index (κ3) is 5.37. The van der Waals surface area contributed by atoms with Gasteiger partial charge in [0.1, 0.15) is 5.82 Å². The van der Waals surface area contributed by atoms with Gasteiger partial charge >= 0.3 is 6.18 Å². The number of rotatable bonds is 7. The van der Waals surface area contributed by atoms with Gasteiger partial charge in [0.15, 0.2) is 5.82 Å². The zero-order valence-electron chi connectivity index (χ0n) is 19.4. The summed E-state index contributed by atoms with van der Waals surface area (Å²) >= 11 is 0. The highest BCUT2D eigenvalue weighted by Gasteiger charge is 2.30. The molecule has 0 fully saturated rings. The van der Waals surface area contributed by atoms with Crippen molar-refractivity contribution >= 4 is 16.7 Å². The molecule has 0 aliphatic rings. The van der Waals surface area contributed by atoms with Crippen LogP contribution < -0.4 is 5.32 Å². The minimum atomic E-state index is -4.39. The number of halogens is 3. The fraction of sp³-hybridized carbons (Fsp3) is 0.259. The number of anilines is 1. The molecule has 0 aliphatic carbocycles. The number of aryl methyl sites for hydroxylation is 1. The van der Waals surface area contributed by atoms with Gasteiger partial charge in [-0.15, -0.1) is 0 Å². The minimum Gasteiger partial charge on any atom is -0.369 e. The molecule has 1 N–H and O–H groups in total. The molecular formula is C27H27F3N4. The molecule has 0 spiro atoms. The molecule has 7 heteroatoms. The molecule has 0 unspecified atom stereocenters. The lowest BCUT2D eigenvalue weighted by molar-refractivity contribution is -0.137. The van der Waals surface area contributed by atoms with E-state index in [4.69, 9.17) is 9.97 Å². The number of hydrogen-bond acceptors (Lipinski definition) is 4. The average Bonchev–Trinajstić information content (AvgIpc) is 2.81. The highest BCUT2D eigenvalue weighted by atomic mass is 19.4. The molecule has 1 aromatic heterocycles. The summed E-state index contributed by atoms with van der Waals surface area (Å²) in [4.78, 5) is 11.8. The van der Waals surface area contributed by atoms with Crippen LogP contribution in [0.1, 0.15) is 17.5 Å². The van der Waals surface area contributed by atoms with Crippen molar-refractivity contribution in [2.75, 3.05) is 32.5 Å². The Morgan fingerprint density at radius 3 is 2.26 bits per heavy atom. The van der Waals surface area contributed by atoms with E-state index in [1.54, 1.807) is 12.1 Å². The van der Waals surface area contributed by atoms with Crippen LogP contribution in [0.25, 0.3) is 33.4 Å². The van der Waals surface area contributed by atoms with Gasteiger partial charge in [0, 0.05) is 17.5 Å². The number of fused-ring (bicyclic) bond motifs is 1. The summed E-state index contributed by atoms with van der Waals surface area (Å²) in [5.74, 6) is 1.29. The van der Waals surface area contributed by atoms with Crippen LogP contribution >= 0.6 is 0 Å². The maximum atomic E-state index is 13.2. The third-order valence-corrected chi connectivity index (χ3v) is 5.65. The van der Waals surface area contributed by atoms with E-state index in [0.29, 0.717) is 17.0 Å². The van der Waals surface area contributed by atoms with Gasteiger partial charge in [0.25, 0.3) is 0 Å². The molecule has 3 aromatic carbocycles. The summed E-state index contributed by atoms with van der Waals surface area (Å²) < 4.78 is 39.6. The Hall–Kier alpha value is -3.45. The topological polar surface area (TPSA) is 41.0 Å². The van der Waals surface area contributed by atoms with Crippen LogP contribution in [0.3, 0.4) is 0 Å². The van der Waals surface area contributed by atoms with Crippen LogP contribution in [0, 0.1) is 6.92 Å². The molecule has 0 atom stereocenters. The number of nitrogens with one attached hydrogen (secondary N) is 1. The molecule has 0 saturated carbocycles. The monoisotopic (exact) mass is 464 g/mol. The quantitative estimate of drug-likeness (QED) is 0.311. The first kappa shape index (κ1) is 23.7. The van der Waals surface area contributed by atoms with E-state index in [9.17, 15) is 13.2 Å². The van der Waals surface area contributed by atoms with E-state index < -0.39 is 11.7 Å². The Morgan fingerprint density at radius 2 is 1.53 bits per heavy atom. The molecule has 0 saturated heterocycles. The lowest BCUT2D eigenvalue weighted by Gasteiger charge is -2.14. The molecule has 4 aromatic rings. The zero-order chi connectivity index (χ0) is 24.3. The van der Waals surface area contributed by atoms with Crippen LogP contribution in [-0.2, 0) is 6.18 Å². The van der Waals surface area contributed by atoms with Crippen molar-refractivity contribution in [2.24, 2.45) is 0 Å². The van der Waals surface area contributed by atoms with Crippen molar-refractivity contribution in [3.8, 4) is 22.5 Å². The van der Waals surface area contributed by atoms with Crippen molar-refractivity contribution in [2.45, 2.75) is 19.5 Å². The fourth-order valence-corrected chi connectivity index (χ4v) is 3.87. The van der Waals surface area contributed by atoms with Crippen molar-refractivity contribution in [1.82, 2.24) is 14.9 Å². The molecule has 0 radical (unpaired) electrons. The summed E-state index contributed by atoms with van der Waals surface area (Å²) in [5.41, 5.74) is 3.14. The number of alkyl halides is 3. The van der Waals surface area contributed by atoms with Gasteiger partial charge in [0.05, 0.1) is 11.1 Å². The number of benzene rings is 3. The zero-order valence-corrected chi connectivity index (χ0v) is 19.4. The molecule has 34 heavy (non-hydrogen) atoms. The second-order valence-electron chi connectivity index (χ2n) is 8.61. The Kier molecular flexibility index (Phi) is 6.84. The van der Waals surface area contributed by atoms with E-state index in [1.807, 2.05) is 57.4 Å². The predicted octanol–water partition coefficient (Wildman–Crippen LogP) is 6.65. The average molecular weight is 465 g/mol. The maximum absolute atomic E-state index is 13.2. The number of hydrogen-bond donors (Lipinski definition) is 1. The van der Waals surface area contributed by atoms with Gasteiger partial charge in [-0.25, -0.2) is 9.97 Å². The molecular weight excluding hydrogens is 437 g/mol. The number of nitrogens with zero attached hydrogens (tertiary/aromatic N) is 3. The van der Waals surface area contributed by atoms with Gasteiger partial charge in [0.2, 0.25) is 0 Å². The van der Waals surface area contributed by atoms with Crippen molar-refractivity contribution in [3.63, 3.8) is 0 Å². The summed E-state index contributed by atoms with van der Waals surface area (Å²) in [7, 11) is 4.08. The second kappa shape index (κ2) is 9.81. The molecule has 176 valence electrons. The summed E-state index contributed by atoms with van der Waals surface area (Å²) in [6.07, 6.45) is -3.43. The predicted molar refractivity (Wildman–Crippen MR) is 132 cm³/mol. The largest absolute Gasteiger partial charge is 0.416 e. The Labute approximate surface area is 197 Å². The normalized spacial score (nSPS) is 11.9. The van der Waals surface area contributed by atoms with Crippen LogP contribution in [0.4, 0.5) is 19.0 Å². The molecule has 4 nitrogen and oxygen atoms in total. The van der Waals surface area contributed by atoms with Crippen molar-refractivity contribution in [1.29, 1.82) is 0 Å². The van der Waals surface area contributed by atoms with E-state index in [1.165, 1.54) is 12.1 Å². The molecule has 0 aliphatic heterocycles. The van der Waals surface area contributed by atoms with Crippen molar-refractivity contribution < 1.29 is 13.2 Å². The van der Waals surface area contributed by atoms with Crippen LogP contribution in [-0.4, -0.2) is 42.1 Å². The van der Waals surface area contributed by atoms with Gasteiger partial charge in [-0.1, -0.05) is 42.5 Å². The highest BCUT2D eigenvalue weighted by molar-refractivity contribution is 5.92. The number of aromatic nitrogens is 2. The minimum absolute atomic E-state index is 0.496. The van der Waals surface area contributed by atoms with Gasteiger partial charge in [-0.2, -0.15) is 13.2 Å². The smallest absolute Gasteiger partial charge is 0.369 e. The van der Waals surface area contributed by atoms with E-state index in [0.717, 1.165) is 53.4 Å². The summed E-state index contributed by atoms with van der Waals surface area (Å²) in [6, 6.07) is 18.7. The Morgan fingerprint density at radius 1 is 0.853 bits per heavy atom. The summed E-state index contributed by atoms with van der Waals surface area (Å²) in [6.45, 7) is 3.73. The lowest BCUT2D eigenvalue weighted by atomic mass is 10.0. The lowest BCUT2D eigenvalue weighted by Crippen LogP contribution is -2.17. The fourth-order valence-electron chi connectivity index (χ4n) is 3.87. The van der Waals surface area contributed by atoms with Gasteiger partial charge in [-0.05, 0) is 74.9 Å². The first-order valence-corrected chi connectivity index (χ1v) is 11.2. The Bertz CT molecular complexity index is 1300. The van der Waals surface area contributed by atoms with E-state index in [-0.39, 0.29) is 0 Å². The SMILES string of the molecule is Cc1cccc2c(NCCCN(C)C)nc(-c3cccc(-c4cccc(C(F)(F)F)c4)c3)nc12. The first-order valence-electron chi connectivity index (χ1n) is 11.2. The van der Waals surface area contributed by atoms with Crippen LogP contribution in [0.15, 0.2) is 66.7 Å². The van der Waals surface area contributed by atoms with Crippen LogP contribution in [0.5, 0.6) is 0 Å². The van der Waals surface area contributed by atoms with E-state index >= 15 is 0 Å². The maximum Gasteiger partial charge on any atom is 0.416 e. The third-order valence-electron chi connectivity index (χ3n) is 5.65. The summed E-state index contributed by atoms with van der Waals surface area (Å²) in [5, 5.41) is 4.39. The first-order chi connectivity index (χ1) is 16.2. The van der Waals surface area contributed by atoms with Crippen LogP contribution in [0.2, 0.25) is 0 Å².